The van der Waals surface area contributed by atoms with Crippen LogP contribution in [0.3, 0.4) is 0 Å². The number of aliphatic hydroxyl groups is 1. The number of piperidine rings is 1. The number of benzene rings is 1. The maximum absolute atomic E-state index is 10.9. The molecule has 5 nitrogen and oxygen atoms in total. The first-order valence-corrected chi connectivity index (χ1v) is 9.12. The van der Waals surface area contributed by atoms with E-state index in [4.69, 9.17) is 4.74 Å². The predicted octanol–water partition coefficient (Wildman–Crippen LogP) is 3.01. The average Bonchev–Trinajstić information content (AvgIpc) is 2.94. The zero-order valence-corrected chi connectivity index (χ0v) is 15.5. The fourth-order valence-corrected chi connectivity index (χ4v) is 3.42. The van der Waals surface area contributed by atoms with Gasteiger partial charge in [0.15, 0.2) is 0 Å². The molecule has 1 aromatic heterocycles. The number of hydrogen-bond donors (Lipinski definition) is 1. The molecule has 5 heteroatoms. The zero-order chi connectivity index (χ0) is 17.9. The number of rotatable bonds is 6. The molecule has 0 aliphatic carbocycles. The van der Waals surface area contributed by atoms with Gasteiger partial charge in [0.25, 0.3) is 0 Å². The molecule has 1 N–H and O–H groups in total. The Bertz CT molecular complexity index is 688. The van der Waals surface area contributed by atoms with E-state index in [1.54, 1.807) is 6.20 Å². The Hall–Kier alpha value is -1.85. The highest BCUT2D eigenvalue weighted by Gasteiger charge is 2.32. The minimum Gasteiger partial charge on any atom is -0.491 e. The molecule has 0 atom stereocenters. The Labute approximate surface area is 150 Å². The summed E-state index contributed by atoms with van der Waals surface area (Å²) in [6.07, 6.45) is 5.49. The monoisotopic (exact) mass is 343 g/mol. The lowest BCUT2D eigenvalue weighted by molar-refractivity contribution is -0.0361. The fraction of sp³-hybridized carbons (Fsp3) is 0.550. The predicted molar refractivity (Wildman–Crippen MR) is 98.6 cm³/mol. The van der Waals surface area contributed by atoms with Gasteiger partial charge in [0, 0.05) is 32.0 Å². The molecule has 1 fully saturated rings. The van der Waals surface area contributed by atoms with Gasteiger partial charge in [-0.25, -0.2) is 4.98 Å². The highest BCUT2D eigenvalue weighted by atomic mass is 16.5. The van der Waals surface area contributed by atoms with Crippen LogP contribution in [-0.2, 0) is 13.1 Å². The van der Waals surface area contributed by atoms with Crippen LogP contribution in [0.15, 0.2) is 36.7 Å². The van der Waals surface area contributed by atoms with E-state index in [2.05, 4.69) is 28.1 Å². The van der Waals surface area contributed by atoms with E-state index in [0.717, 1.165) is 44.0 Å². The summed E-state index contributed by atoms with van der Waals surface area (Å²) in [6, 6.07) is 8.32. The van der Waals surface area contributed by atoms with Crippen molar-refractivity contribution in [2.24, 2.45) is 0 Å². The third-order valence-corrected chi connectivity index (χ3v) is 4.85. The SMILES string of the molecule is Cc1nccn1CC1(O)CCN(Cc2cccc(OC(C)C)c2)CC1. The van der Waals surface area contributed by atoms with Crippen molar-refractivity contribution in [2.75, 3.05) is 13.1 Å². The smallest absolute Gasteiger partial charge is 0.120 e. The minimum atomic E-state index is -0.634. The normalized spacial score (nSPS) is 17.8. The number of imidazole rings is 1. The molecular formula is C20H29N3O2. The van der Waals surface area contributed by atoms with Crippen molar-refractivity contribution in [3.63, 3.8) is 0 Å². The minimum absolute atomic E-state index is 0.187. The van der Waals surface area contributed by atoms with Crippen LogP contribution in [0.2, 0.25) is 0 Å². The van der Waals surface area contributed by atoms with E-state index in [9.17, 15) is 5.11 Å². The van der Waals surface area contributed by atoms with Crippen LogP contribution >= 0.6 is 0 Å². The Balaban J connectivity index is 1.55. The lowest BCUT2D eigenvalue weighted by Gasteiger charge is -2.38. The summed E-state index contributed by atoms with van der Waals surface area (Å²) < 4.78 is 7.82. The summed E-state index contributed by atoms with van der Waals surface area (Å²) in [5, 5.41) is 10.9. The van der Waals surface area contributed by atoms with Gasteiger partial charge >= 0.3 is 0 Å². The van der Waals surface area contributed by atoms with Crippen molar-refractivity contribution in [3.05, 3.63) is 48.0 Å². The second kappa shape index (κ2) is 7.58. The highest BCUT2D eigenvalue weighted by molar-refractivity contribution is 5.28. The van der Waals surface area contributed by atoms with E-state index < -0.39 is 5.60 Å². The van der Waals surface area contributed by atoms with Gasteiger partial charge in [0.1, 0.15) is 11.6 Å². The number of hydrogen-bond acceptors (Lipinski definition) is 4. The maximum Gasteiger partial charge on any atom is 0.120 e. The maximum atomic E-state index is 10.9. The Kier molecular flexibility index (Phi) is 5.45. The van der Waals surface area contributed by atoms with Crippen LogP contribution in [0.5, 0.6) is 5.75 Å². The molecule has 136 valence electrons. The molecule has 1 aliphatic heterocycles. The van der Waals surface area contributed by atoms with Crippen molar-refractivity contribution >= 4 is 0 Å². The summed E-state index contributed by atoms with van der Waals surface area (Å²) >= 11 is 0. The van der Waals surface area contributed by atoms with Gasteiger partial charge in [-0.15, -0.1) is 0 Å². The van der Waals surface area contributed by atoms with E-state index in [1.165, 1.54) is 5.56 Å². The number of aromatic nitrogens is 2. The van der Waals surface area contributed by atoms with Gasteiger partial charge in [-0.1, -0.05) is 12.1 Å². The van der Waals surface area contributed by atoms with Crippen LogP contribution in [0.4, 0.5) is 0 Å². The Morgan fingerprint density at radius 3 is 2.68 bits per heavy atom. The van der Waals surface area contributed by atoms with Crippen LogP contribution in [0, 0.1) is 6.92 Å². The van der Waals surface area contributed by atoms with Crippen molar-refractivity contribution < 1.29 is 9.84 Å². The molecule has 25 heavy (non-hydrogen) atoms. The first kappa shape index (κ1) is 18.0. The van der Waals surface area contributed by atoms with Crippen LogP contribution < -0.4 is 4.74 Å². The molecule has 0 saturated carbocycles. The second-order valence-electron chi connectivity index (χ2n) is 7.42. The van der Waals surface area contributed by atoms with E-state index in [-0.39, 0.29) is 6.10 Å². The molecule has 1 aromatic carbocycles. The van der Waals surface area contributed by atoms with Crippen molar-refractivity contribution in [1.82, 2.24) is 14.5 Å². The molecule has 0 bridgehead atoms. The summed E-state index contributed by atoms with van der Waals surface area (Å²) in [4.78, 5) is 6.65. The van der Waals surface area contributed by atoms with Crippen LogP contribution in [-0.4, -0.2) is 44.4 Å². The third-order valence-electron chi connectivity index (χ3n) is 4.85. The molecular weight excluding hydrogens is 314 g/mol. The lowest BCUT2D eigenvalue weighted by atomic mass is 9.91. The molecule has 1 aliphatic rings. The van der Waals surface area contributed by atoms with Crippen LogP contribution in [0.25, 0.3) is 0 Å². The quantitative estimate of drug-likeness (QED) is 0.876. The summed E-state index contributed by atoms with van der Waals surface area (Å²) in [6.45, 7) is 9.39. The largest absolute Gasteiger partial charge is 0.491 e. The average molecular weight is 343 g/mol. The molecule has 0 spiro atoms. The third kappa shape index (κ3) is 4.83. The molecule has 2 aromatic rings. The molecule has 3 rings (SSSR count). The number of likely N-dealkylation sites (tertiary alicyclic amines) is 1. The molecule has 0 unspecified atom stereocenters. The lowest BCUT2D eigenvalue weighted by Crippen LogP contribution is -2.46. The van der Waals surface area contributed by atoms with Crippen molar-refractivity contribution in [3.8, 4) is 5.75 Å². The topological polar surface area (TPSA) is 50.5 Å². The van der Waals surface area contributed by atoms with Crippen LogP contribution in [0.1, 0.15) is 38.1 Å². The van der Waals surface area contributed by atoms with E-state index in [1.807, 2.05) is 37.6 Å². The zero-order valence-electron chi connectivity index (χ0n) is 15.5. The van der Waals surface area contributed by atoms with Gasteiger partial charge in [-0.3, -0.25) is 4.90 Å². The van der Waals surface area contributed by atoms with Gasteiger partial charge in [0.05, 0.1) is 18.2 Å². The highest BCUT2D eigenvalue weighted by Crippen LogP contribution is 2.26. The van der Waals surface area contributed by atoms with Gasteiger partial charge < -0.3 is 14.4 Å². The summed E-state index contributed by atoms with van der Waals surface area (Å²) in [5.41, 5.74) is 0.624. The van der Waals surface area contributed by atoms with Gasteiger partial charge in [0.2, 0.25) is 0 Å². The molecule has 0 amide bonds. The molecule has 0 radical (unpaired) electrons. The fourth-order valence-electron chi connectivity index (χ4n) is 3.42. The van der Waals surface area contributed by atoms with E-state index in [0.29, 0.717) is 6.54 Å². The number of aryl methyl sites for hydroxylation is 1. The Morgan fingerprint density at radius 1 is 1.28 bits per heavy atom. The van der Waals surface area contributed by atoms with Gasteiger partial charge in [-0.05, 0) is 51.3 Å². The van der Waals surface area contributed by atoms with Crippen molar-refractivity contribution in [2.45, 2.75) is 58.4 Å². The van der Waals surface area contributed by atoms with Gasteiger partial charge in [-0.2, -0.15) is 0 Å². The number of nitrogens with zero attached hydrogens (tertiary/aromatic N) is 3. The second-order valence-corrected chi connectivity index (χ2v) is 7.42. The summed E-state index contributed by atoms with van der Waals surface area (Å²) in [5.74, 6) is 1.88. The standard InChI is InChI=1S/C20H29N3O2/c1-16(2)25-19-6-4-5-18(13-19)14-22-10-7-20(24,8-11-22)15-23-12-9-21-17(23)3/h4-6,9,12-13,16,24H,7-8,10-11,14-15H2,1-3H3. The number of ether oxygens (including phenoxy) is 1. The molecule has 2 heterocycles. The van der Waals surface area contributed by atoms with Crippen molar-refractivity contribution in [1.29, 1.82) is 0 Å². The first-order valence-electron chi connectivity index (χ1n) is 9.12. The first-order chi connectivity index (χ1) is 11.9. The molecule has 1 saturated heterocycles. The van der Waals surface area contributed by atoms with E-state index >= 15 is 0 Å². The summed E-state index contributed by atoms with van der Waals surface area (Å²) in [7, 11) is 0. The Morgan fingerprint density at radius 2 is 2.04 bits per heavy atom.